The molecule has 1 fully saturated rings. The molecule has 1 aliphatic carbocycles. The second kappa shape index (κ2) is 7.51. The highest BCUT2D eigenvalue weighted by atomic mass is 16.4. The van der Waals surface area contributed by atoms with Crippen LogP contribution in [0, 0.1) is 17.8 Å². The summed E-state index contributed by atoms with van der Waals surface area (Å²) in [5.41, 5.74) is 0. The number of carboxylic acids is 1. The Balaban J connectivity index is 2.59. The lowest BCUT2D eigenvalue weighted by Crippen LogP contribution is -2.39. The van der Waals surface area contributed by atoms with Crippen LogP contribution in [0.5, 0.6) is 0 Å². The molecular formula is C15H27NO3. The van der Waals surface area contributed by atoms with Crippen LogP contribution in [-0.2, 0) is 9.59 Å². The molecule has 0 aliphatic heterocycles. The third-order valence-electron chi connectivity index (χ3n) is 4.18. The number of hydrogen-bond acceptors (Lipinski definition) is 2. The molecule has 1 rings (SSSR count). The van der Waals surface area contributed by atoms with Gasteiger partial charge in [0.25, 0.3) is 0 Å². The molecule has 4 nitrogen and oxygen atoms in total. The topological polar surface area (TPSA) is 57.6 Å². The Morgan fingerprint density at radius 1 is 1.21 bits per heavy atom. The van der Waals surface area contributed by atoms with E-state index in [0.717, 1.165) is 6.42 Å². The van der Waals surface area contributed by atoms with Crippen molar-refractivity contribution in [1.29, 1.82) is 0 Å². The summed E-state index contributed by atoms with van der Waals surface area (Å²) in [6, 6.07) is 0. The van der Waals surface area contributed by atoms with Crippen LogP contribution in [0.2, 0.25) is 0 Å². The summed E-state index contributed by atoms with van der Waals surface area (Å²) in [6.07, 6.45) is 7.22. The zero-order valence-corrected chi connectivity index (χ0v) is 12.4. The lowest BCUT2D eigenvalue weighted by molar-refractivity contribution is -0.146. The molecule has 1 N–H and O–H groups in total. The molecule has 1 saturated carbocycles. The van der Waals surface area contributed by atoms with Gasteiger partial charge in [0.05, 0.1) is 0 Å². The Morgan fingerprint density at radius 2 is 1.79 bits per heavy atom. The van der Waals surface area contributed by atoms with Gasteiger partial charge in [0.15, 0.2) is 0 Å². The van der Waals surface area contributed by atoms with E-state index in [0.29, 0.717) is 5.92 Å². The first-order valence-corrected chi connectivity index (χ1v) is 7.38. The van der Waals surface area contributed by atoms with Crippen molar-refractivity contribution in [3.05, 3.63) is 0 Å². The van der Waals surface area contributed by atoms with Crippen molar-refractivity contribution in [2.45, 2.75) is 52.4 Å². The van der Waals surface area contributed by atoms with Crippen LogP contribution in [0.25, 0.3) is 0 Å². The summed E-state index contributed by atoms with van der Waals surface area (Å²) in [7, 11) is 1.59. The fourth-order valence-corrected chi connectivity index (χ4v) is 3.00. The van der Waals surface area contributed by atoms with E-state index < -0.39 is 5.97 Å². The Labute approximate surface area is 116 Å². The smallest absolute Gasteiger partial charge is 0.323 e. The molecule has 0 bridgehead atoms. The quantitative estimate of drug-likeness (QED) is 0.806. The minimum absolute atomic E-state index is 0.0111. The maximum atomic E-state index is 12.4. The van der Waals surface area contributed by atoms with Crippen LogP contribution in [0.15, 0.2) is 0 Å². The summed E-state index contributed by atoms with van der Waals surface area (Å²) in [5, 5.41) is 8.78. The van der Waals surface area contributed by atoms with E-state index in [1.807, 2.05) is 0 Å². The largest absolute Gasteiger partial charge is 0.480 e. The van der Waals surface area contributed by atoms with E-state index in [2.05, 4.69) is 13.8 Å². The third-order valence-corrected chi connectivity index (χ3v) is 4.18. The summed E-state index contributed by atoms with van der Waals surface area (Å²) in [4.78, 5) is 24.4. The highest BCUT2D eigenvalue weighted by Gasteiger charge is 2.29. The minimum atomic E-state index is -0.948. The summed E-state index contributed by atoms with van der Waals surface area (Å²) in [6.45, 7) is 3.91. The van der Waals surface area contributed by atoms with Crippen molar-refractivity contribution < 1.29 is 14.7 Å². The number of likely N-dealkylation sites (N-methyl/N-ethyl adjacent to an activating group) is 1. The molecule has 0 aromatic rings. The number of nitrogens with zero attached hydrogens (tertiary/aromatic N) is 1. The van der Waals surface area contributed by atoms with Crippen molar-refractivity contribution in [2.24, 2.45) is 17.8 Å². The number of carbonyl (C=O) groups is 2. The highest BCUT2D eigenvalue weighted by molar-refractivity contribution is 5.83. The fraction of sp³-hybridized carbons (Fsp3) is 0.867. The first-order valence-electron chi connectivity index (χ1n) is 7.38. The number of amides is 1. The summed E-state index contributed by atoms with van der Waals surface area (Å²) in [5.74, 6) is -0.0829. The van der Waals surface area contributed by atoms with Crippen LogP contribution in [-0.4, -0.2) is 35.5 Å². The van der Waals surface area contributed by atoms with Gasteiger partial charge < -0.3 is 10.0 Å². The van der Waals surface area contributed by atoms with E-state index in [1.54, 1.807) is 7.05 Å². The standard InChI is InChI=1S/C15H27NO3/c1-11(2)13(9-12-7-5-4-6-8-12)15(19)16(3)10-14(17)18/h11-13H,4-10H2,1-3H3,(H,17,18). The number of carbonyl (C=O) groups excluding carboxylic acids is 1. The van der Waals surface area contributed by atoms with Gasteiger partial charge in [-0.2, -0.15) is 0 Å². The van der Waals surface area contributed by atoms with E-state index >= 15 is 0 Å². The average molecular weight is 269 g/mol. The summed E-state index contributed by atoms with van der Waals surface area (Å²) < 4.78 is 0. The Kier molecular flexibility index (Phi) is 6.32. The number of hydrogen-bond donors (Lipinski definition) is 1. The molecule has 0 heterocycles. The number of aliphatic carboxylic acids is 1. The van der Waals surface area contributed by atoms with E-state index in [1.165, 1.54) is 37.0 Å². The second-order valence-corrected chi connectivity index (χ2v) is 6.18. The van der Waals surface area contributed by atoms with Crippen LogP contribution in [0.4, 0.5) is 0 Å². The Morgan fingerprint density at radius 3 is 2.26 bits per heavy atom. The summed E-state index contributed by atoms with van der Waals surface area (Å²) >= 11 is 0. The Hall–Kier alpha value is -1.06. The van der Waals surface area contributed by atoms with Gasteiger partial charge in [-0.25, -0.2) is 0 Å². The lowest BCUT2D eigenvalue weighted by atomic mass is 9.79. The lowest BCUT2D eigenvalue weighted by Gasteiger charge is -2.30. The van der Waals surface area contributed by atoms with Crippen LogP contribution in [0.3, 0.4) is 0 Å². The molecule has 0 saturated heterocycles. The predicted molar refractivity (Wildman–Crippen MR) is 74.8 cm³/mol. The Bertz CT molecular complexity index is 309. The molecule has 110 valence electrons. The van der Waals surface area contributed by atoms with Crippen LogP contribution < -0.4 is 0 Å². The zero-order valence-electron chi connectivity index (χ0n) is 12.4. The van der Waals surface area contributed by atoms with Gasteiger partial charge in [0.1, 0.15) is 6.54 Å². The first kappa shape index (κ1) is 16.0. The maximum absolute atomic E-state index is 12.4. The van der Waals surface area contributed by atoms with E-state index in [-0.39, 0.29) is 24.3 Å². The van der Waals surface area contributed by atoms with Gasteiger partial charge in [0.2, 0.25) is 5.91 Å². The monoisotopic (exact) mass is 269 g/mol. The SMILES string of the molecule is CC(C)C(CC1CCCCC1)C(=O)N(C)CC(=O)O. The molecule has 4 heteroatoms. The molecule has 1 atom stereocenters. The first-order chi connectivity index (χ1) is 8.91. The fourth-order valence-electron chi connectivity index (χ4n) is 3.00. The molecule has 19 heavy (non-hydrogen) atoms. The van der Waals surface area contributed by atoms with Gasteiger partial charge in [-0.3, -0.25) is 9.59 Å². The minimum Gasteiger partial charge on any atom is -0.480 e. The molecular weight excluding hydrogens is 242 g/mol. The van der Waals surface area contributed by atoms with E-state index in [9.17, 15) is 9.59 Å². The van der Waals surface area contributed by atoms with Crippen LogP contribution in [0.1, 0.15) is 52.4 Å². The molecule has 0 aromatic carbocycles. The second-order valence-electron chi connectivity index (χ2n) is 6.18. The third kappa shape index (κ3) is 5.21. The molecule has 0 aromatic heterocycles. The molecule has 0 radical (unpaired) electrons. The van der Waals surface area contributed by atoms with Crippen molar-refractivity contribution in [1.82, 2.24) is 4.90 Å². The maximum Gasteiger partial charge on any atom is 0.323 e. The molecule has 1 amide bonds. The van der Waals surface area contributed by atoms with Crippen LogP contribution >= 0.6 is 0 Å². The van der Waals surface area contributed by atoms with Crippen molar-refractivity contribution in [3.63, 3.8) is 0 Å². The molecule has 1 aliphatic rings. The predicted octanol–water partition coefficient (Wildman–Crippen LogP) is 2.77. The van der Waals surface area contributed by atoms with Gasteiger partial charge in [-0.1, -0.05) is 46.0 Å². The van der Waals surface area contributed by atoms with Crippen molar-refractivity contribution in [3.8, 4) is 0 Å². The van der Waals surface area contributed by atoms with E-state index in [4.69, 9.17) is 5.11 Å². The number of carboxylic acid groups (broad SMARTS) is 1. The molecule has 0 spiro atoms. The normalized spacial score (nSPS) is 18.3. The van der Waals surface area contributed by atoms with Gasteiger partial charge in [0, 0.05) is 13.0 Å². The number of rotatable bonds is 6. The van der Waals surface area contributed by atoms with Crippen molar-refractivity contribution in [2.75, 3.05) is 13.6 Å². The van der Waals surface area contributed by atoms with Crippen molar-refractivity contribution >= 4 is 11.9 Å². The zero-order chi connectivity index (χ0) is 14.4. The van der Waals surface area contributed by atoms with Gasteiger partial charge in [-0.15, -0.1) is 0 Å². The van der Waals surface area contributed by atoms with Gasteiger partial charge >= 0.3 is 5.97 Å². The average Bonchev–Trinajstić information content (AvgIpc) is 2.35. The molecule has 1 unspecified atom stereocenters. The van der Waals surface area contributed by atoms with Gasteiger partial charge in [-0.05, 0) is 18.3 Å². The highest BCUT2D eigenvalue weighted by Crippen LogP contribution is 2.32.